The van der Waals surface area contributed by atoms with Gasteiger partial charge in [0.25, 0.3) is 0 Å². The number of pyridine rings is 1. The lowest BCUT2D eigenvalue weighted by molar-refractivity contribution is 0.0690. The van der Waals surface area contributed by atoms with E-state index in [9.17, 15) is 4.79 Å². The van der Waals surface area contributed by atoms with Crippen molar-refractivity contribution in [2.75, 3.05) is 23.4 Å². The zero-order valence-corrected chi connectivity index (χ0v) is 11.0. The van der Waals surface area contributed by atoms with E-state index in [1.165, 1.54) is 6.07 Å². The fourth-order valence-corrected chi connectivity index (χ4v) is 2.11. The quantitative estimate of drug-likeness (QED) is 0.732. The minimum atomic E-state index is -0.997. The van der Waals surface area contributed by atoms with Gasteiger partial charge >= 0.3 is 5.97 Å². The Labute approximate surface area is 106 Å². The van der Waals surface area contributed by atoms with Crippen LogP contribution in [-0.4, -0.2) is 34.1 Å². The third-order valence-electron chi connectivity index (χ3n) is 1.97. The van der Waals surface area contributed by atoms with Crippen LogP contribution < -0.4 is 5.32 Å². The molecule has 0 aliphatic carbocycles. The van der Waals surface area contributed by atoms with Gasteiger partial charge in [-0.2, -0.15) is 11.8 Å². The molecule has 0 bridgehead atoms. The van der Waals surface area contributed by atoms with Crippen molar-refractivity contribution >= 4 is 23.5 Å². The first-order chi connectivity index (χ1) is 8.09. The Morgan fingerprint density at radius 3 is 2.94 bits per heavy atom. The number of hydrogen-bond acceptors (Lipinski definition) is 4. The third kappa shape index (κ3) is 5.58. The van der Waals surface area contributed by atoms with Crippen LogP contribution in [0.25, 0.3) is 0 Å². The van der Waals surface area contributed by atoms with Crippen molar-refractivity contribution in [1.82, 2.24) is 4.98 Å². The maximum absolute atomic E-state index is 10.7. The highest BCUT2D eigenvalue weighted by Crippen LogP contribution is 2.08. The number of thioether (sulfide) groups is 1. The van der Waals surface area contributed by atoms with E-state index < -0.39 is 5.97 Å². The highest BCUT2D eigenvalue weighted by atomic mass is 32.2. The molecular formula is C12H18N2O2S. The van der Waals surface area contributed by atoms with Crippen LogP contribution in [0.3, 0.4) is 0 Å². The van der Waals surface area contributed by atoms with Crippen LogP contribution in [0.2, 0.25) is 0 Å². The summed E-state index contributed by atoms with van der Waals surface area (Å²) >= 11 is 1.88. The SMILES string of the molecule is CC(C)CSCCNc1cccc(C(=O)O)n1. The molecule has 0 amide bonds. The summed E-state index contributed by atoms with van der Waals surface area (Å²) in [5.41, 5.74) is 0.0739. The summed E-state index contributed by atoms with van der Waals surface area (Å²) in [6.07, 6.45) is 0. The molecule has 1 aromatic heterocycles. The molecule has 17 heavy (non-hydrogen) atoms. The fourth-order valence-electron chi connectivity index (χ4n) is 1.22. The number of carboxylic acid groups (broad SMARTS) is 1. The zero-order valence-electron chi connectivity index (χ0n) is 10.1. The lowest BCUT2D eigenvalue weighted by atomic mass is 10.3. The Balaban J connectivity index is 2.31. The van der Waals surface area contributed by atoms with Gasteiger partial charge in [0.05, 0.1) is 0 Å². The molecule has 0 saturated carbocycles. The number of nitrogens with one attached hydrogen (secondary N) is 1. The van der Waals surface area contributed by atoms with Crippen molar-refractivity contribution in [3.05, 3.63) is 23.9 Å². The summed E-state index contributed by atoms with van der Waals surface area (Å²) < 4.78 is 0. The van der Waals surface area contributed by atoms with Crippen LogP contribution in [0.15, 0.2) is 18.2 Å². The van der Waals surface area contributed by atoms with Gasteiger partial charge in [0.1, 0.15) is 5.82 Å². The van der Waals surface area contributed by atoms with E-state index in [1.807, 2.05) is 11.8 Å². The maximum Gasteiger partial charge on any atom is 0.354 e. The van der Waals surface area contributed by atoms with Crippen molar-refractivity contribution in [2.24, 2.45) is 5.92 Å². The molecule has 0 atom stereocenters. The molecule has 0 aliphatic rings. The average Bonchev–Trinajstić information content (AvgIpc) is 2.28. The number of anilines is 1. The van der Waals surface area contributed by atoms with Gasteiger partial charge in [-0.25, -0.2) is 9.78 Å². The maximum atomic E-state index is 10.7. The summed E-state index contributed by atoms with van der Waals surface area (Å²) in [5.74, 6) is 2.47. The number of nitrogens with zero attached hydrogens (tertiary/aromatic N) is 1. The molecule has 0 aromatic carbocycles. The number of carboxylic acids is 1. The molecule has 0 saturated heterocycles. The summed E-state index contributed by atoms with van der Waals surface area (Å²) in [5, 5.41) is 11.9. The zero-order chi connectivity index (χ0) is 12.7. The molecule has 0 spiro atoms. The summed E-state index contributed by atoms with van der Waals surface area (Å²) in [6.45, 7) is 5.18. The van der Waals surface area contributed by atoms with E-state index in [1.54, 1.807) is 12.1 Å². The number of rotatable bonds is 7. The van der Waals surface area contributed by atoms with Crippen molar-refractivity contribution in [1.29, 1.82) is 0 Å². The van der Waals surface area contributed by atoms with Gasteiger partial charge in [-0.3, -0.25) is 0 Å². The second-order valence-corrected chi connectivity index (χ2v) is 5.26. The van der Waals surface area contributed by atoms with Gasteiger partial charge in [0, 0.05) is 12.3 Å². The smallest absolute Gasteiger partial charge is 0.354 e. The number of hydrogen-bond donors (Lipinski definition) is 2. The largest absolute Gasteiger partial charge is 0.477 e. The van der Waals surface area contributed by atoms with Crippen LogP contribution >= 0.6 is 11.8 Å². The van der Waals surface area contributed by atoms with E-state index in [0.717, 1.165) is 18.1 Å². The van der Waals surface area contributed by atoms with Crippen molar-refractivity contribution in [3.63, 3.8) is 0 Å². The first kappa shape index (κ1) is 13.8. The Bertz CT molecular complexity index is 369. The van der Waals surface area contributed by atoms with E-state index in [0.29, 0.717) is 11.7 Å². The van der Waals surface area contributed by atoms with E-state index in [2.05, 4.69) is 24.1 Å². The topological polar surface area (TPSA) is 62.2 Å². The molecule has 0 aliphatic heterocycles. The van der Waals surface area contributed by atoms with Gasteiger partial charge in [-0.05, 0) is 23.8 Å². The second-order valence-electron chi connectivity index (χ2n) is 4.11. The van der Waals surface area contributed by atoms with Crippen LogP contribution in [0.5, 0.6) is 0 Å². The van der Waals surface area contributed by atoms with Gasteiger partial charge < -0.3 is 10.4 Å². The first-order valence-corrected chi connectivity index (χ1v) is 6.77. The van der Waals surface area contributed by atoms with Crippen molar-refractivity contribution in [2.45, 2.75) is 13.8 Å². The number of aromatic carboxylic acids is 1. The Morgan fingerprint density at radius 2 is 2.29 bits per heavy atom. The van der Waals surface area contributed by atoms with Crippen LogP contribution in [0.4, 0.5) is 5.82 Å². The minimum Gasteiger partial charge on any atom is -0.477 e. The lowest BCUT2D eigenvalue weighted by Gasteiger charge is -2.07. The second kappa shape index (κ2) is 7.17. The summed E-state index contributed by atoms with van der Waals surface area (Å²) in [6, 6.07) is 4.96. The number of carbonyl (C=O) groups is 1. The highest BCUT2D eigenvalue weighted by Gasteiger charge is 2.04. The third-order valence-corrected chi connectivity index (χ3v) is 3.37. The average molecular weight is 254 g/mol. The van der Waals surface area contributed by atoms with Gasteiger partial charge in [-0.1, -0.05) is 19.9 Å². The molecule has 5 heteroatoms. The van der Waals surface area contributed by atoms with E-state index in [-0.39, 0.29) is 5.69 Å². The lowest BCUT2D eigenvalue weighted by Crippen LogP contribution is -2.09. The Hall–Kier alpha value is -1.23. The molecule has 0 fully saturated rings. The first-order valence-electron chi connectivity index (χ1n) is 5.61. The fraction of sp³-hybridized carbons (Fsp3) is 0.500. The number of aromatic nitrogens is 1. The van der Waals surface area contributed by atoms with Crippen LogP contribution in [0.1, 0.15) is 24.3 Å². The monoisotopic (exact) mass is 254 g/mol. The molecule has 1 rings (SSSR count). The summed E-state index contributed by atoms with van der Waals surface area (Å²) in [7, 11) is 0. The van der Waals surface area contributed by atoms with Crippen LogP contribution in [-0.2, 0) is 0 Å². The molecule has 2 N–H and O–H groups in total. The normalized spacial score (nSPS) is 10.5. The summed E-state index contributed by atoms with van der Waals surface area (Å²) in [4.78, 5) is 14.7. The molecule has 94 valence electrons. The predicted octanol–water partition coefficient (Wildman–Crippen LogP) is 2.58. The molecule has 0 radical (unpaired) electrons. The molecule has 1 aromatic rings. The van der Waals surface area contributed by atoms with Crippen LogP contribution in [0, 0.1) is 5.92 Å². The molecular weight excluding hydrogens is 236 g/mol. The Morgan fingerprint density at radius 1 is 1.53 bits per heavy atom. The van der Waals surface area contributed by atoms with E-state index in [4.69, 9.17) is 5.11 Å². The minimum absolute atomic E-state index is 0.0739. The van der Waals surface area contributed by atoms with Gasteiger partial charge in [0.15, 0.2) is 5.69 Å². The van der Waals surface area contributed by atoms with Crippen molar-refractivity contribution in [3.8, 4) is 0 Å². The molecule has 0 unspecified atom stereocenters. The van der Waals surface area contributed by atoms with Gasteiger partial charge in [0.2, 0.25) is 0 Å². The molecule has 1 heterocycles. The highest BCUT2D eigenvalue weighted by molar-refractivity contribution is 7.99. The van der Waals surface area contributed by atoms with Crippen molar-refractivity contribution < 1.29 is 9.90 Å². The van der Waals surface area contributed by atoms with Gasteiger partial charge in [-0.15, -0.1) is 0 Å². The molecule has 4 nitrogen and oxygen atoms in total. The van der Waals surface area contributed by atoms with E-state index >= 15 is 0 Å². The predicted molar refractivity (Wildman–Crippen MR) is 71.8 cm³/mol. The Kier molecular flexibility index (Phi) is 5.83. The standard InChI is InChI=1S/C12H18N2O2S/c1-9(2)8-17-7-6-13-11-5-3-4-10(14-11)12(15)16/h3-5,9H,6-8H2,1-2H3,(H,13,14)(H,15,16).